The molecule has 2 nitrogen and oxygen atoms in total. The molecular weight excluding hydrogens is 254 g/mol. The van der Waals surface area contributed by atoms with Gasteiger partial charge in [-0.15, -0.1) is 0 Å². The van der Waals surface area contributed by atoms with Crippen LogP contribution in [0.2, 0.25) is 0 Å². The van der Waals surface area contributed by atoms with Crippen LogP contribution in [0.3, 0.4) is 0 Å². The molecule has 1 aromatic heterocycles. The van der Waals surface area contributed by atoms with Crippen LogP contribution in [0.5, 0.6) is 0 Å². The number of halogens is 1. The smallest absolute Gasteiger partial charge is 0.105 e. The molecule has 1 fully saturated rings. The van der Waals surface area contributed by atoms with Crippen molar-refractivity contribution in [2.45, 2.75) is 26.3 Å². The highest BCUT2D eigenvalue weighted by atomic mass is 79.9. The van der Waals surface area contributed by atoms with Crippen molar-refractivity contribution in [3.05, 3.63) is 23.7 Å². The Kier molecular flexibility index (Phi) is 3.21. The molecule has 1 aliphatic carbocycles. The summed E-state index contributed by atoms with van der Waals surface area (Å²) in [6, 6.07) is 2.07. The second-order valence-electron chi connectivity index (χ2n) is 4.81. The summed E-state index contributed by atoms with van der Waals surface area (Å²) in [5.74, 6) is 1.05. The Morgan fingerprint density at radius 1 is 1.53 bits per heavy atom. The molecule has 0 aliphatic heterocycles. The number of aryl methyl sites for hydroxylation is 1. The molecule has 84 valence electrons. The Morgan fingerprint density at radius 3 is 2.73 bits per heavy atom. The van der Waals surface area contributed by atoms with Crippen molar-refractivity contribution in [3.8, 4) is 0 Å². The van der Waals surface area contributed by atoms with E-state index < -0.39 is 0 Å². The average molecular weight is 272 g/mol. The third kappa shape index (κ3) is 2.64. The summed E-state index contributed by atoms with van der Waals surface area (Å²) in [5, 5.41) is 1.13. The summed E-state index contributed by atoms with van der Waals surface area (Å²) < 4.78 is 5.30. The van der Waals surface area contributed by atoms with Crippen molar-refractivity contribution >= 4 is 15.9 Å². The van der Waals surface area contributed by atoms with Gasteiger partial charge in [-0.3, -0.25) is 0 Å². The molecule has 0 radical (unpaired) electrons. The SMILES string of the molecule is Cc1occc1CN(C)CC1(CBr)CC1. The van der Waals surface area contributed by atoms with Gasteiger partial charge in [-0.25, -0.2) is 0 Å². The molecule has 0 aromatic carbocycles. The van der Waals surface area contributed by atoms with E-state index >= 15 is 0 Å². The Labute approximate surface area is 99.8 Å². The minimum absolute atomic E-state index is 0.562. The number of rotatable bonds is 5. The van der Waals surface area contributed by atoms with Crippen LogP contribution in [0.1, 0.15) is 24.2 Å². The number of alkyl halides is 1. The zero-order chi connectivity index (χ0) is 10.9. The number of nitrogens with zero attached hydrogens (tertiary/aromatic N) is 1. The van der Waals surface area contributed by atoms with Gasteiger partial charge in [-0.2, -0.15) is 0 Å². The van der Waals surface area contributed by atoms with E-state index in [9.17, 15) is 0 Å². The van der Waals surface area contributed by atoms with Gasteiger partial charge in [-0.1, -0.05) is 15.9 Å². The molecule has 3 heteroatoms. The van der Waals surface area contributed by atoms with Gasteiger partial charge in [0.15, 0.2) is 0 Å². The van der Waals surface area contributed by atoms with E-state index in [1.807, 2.05) is 6.92 Å². The summed E-state index contributed by atoms with van der Waals surface area (Å²) in [6.45, 7) is 4.21. The van der Waals surface area contributed by atoms with E-state index in [1.54, 1.807) is 6.26 Å². The molecule has 1 heterocycles. The fourth-order valence-electron chi connectivity index (χ4n) is 2.01. The predicted molar refractivity (Wildman–Crippen MR) is 65.2 cm³/mol. The molecule has 15 heavy (non-hydrogen) atoms. The van der Waals surface area contributed by atoms with Gasteiger partial charge in [0.05, 0.1) is 6.26 Å². The topological polar surface area (TPSA) is 16.4 Å². The Morgan fingerprint density at radius 2 is 2.27 bits per heavy atom. The number of furan rings is 1. The van der Waals surface area contributed by atoms with Crippen LogP contribution < -0.4 is 0 Å². The summed E-state index contributed by atoms with van der Waals surface area (Å²) in [4.78, 5) is 2.39. The lowest BCUT2D eigenvalue weighted by atomic mass is 10.1. The van der Waals surface area contributed by atoms with Gasteiger partial charge in [0, 0.05) is 24.0 Å². The summed E-state index contributed by atoms with van der Waals surface area (Å²) in [5.41, 5.74) is 1.87. The van der Waals surface area contributed by atoms with Crippen LogP contribution >= 0.6 is 15.9 Å². The first-order chi connectivity index (χ1) is 7.15. The maximum atomic E-state index is 5.30. The second-order valence-corrected chi connectivity index (χ2v) is 5.37. The second kappa shape index (κ2) is 4.30. The van der Waals surface area contributed by atoms with E-state index in [0.717, 1.165) is 17.6 Å². The molecule has 0 amide bonds. The molecule has 0 atom stereocenters. The monoisotopic (exact) mass is 271 g/mol. The zero-order valence-electron chi connectivity index (χ0n) is 9.42. The third-order valence-electron chi connectivity index (χ3n) is 3.25. The van der Waals surface area contributed by atoms with E-state index in [4.69, 9.17) is 4.42 Å². The Bertz CT molecular complexity index is 330. The average Bonchev–Trinajstić information content (AvgIpc) is 2.86. The quantitative estimate of drug-likeness (QED) is 0.765. The molecule has 1 aliphatic rings. The highest BCUT2D eigenvalue weighted by Crippen LogP contribution is 2.47. The van der Waals surface area contributed by atoms with Crippen molar-refractivity contribution in [2.75, 3.05) is 18.9 Å². The Hall–Kier alpha value is -0.280. The van der Waals surface area contributed by atoms with Crippen molar-refractivity contribution < 1.29 is 4.42 Å². The van der Waals surface area contributed by atoms with Gasteiger partial charge < -0.3 is 9.32 Å². The lowest BCUT2D eigenvalue weighted by molar-refractivity contribution is 0.269. The molecule has 0 bridgehead atoms. The molecular formula is C12H18BrNO. The van der Waals surface area contributed by atoms with Gasteiger partial charge in [-0.05, 0) is 38.3 Å². The maximum absolute atomic E-state index is 5.30. The largest absolute Gasteiger partial charge is 0.469 e. The van der Waals surface area contributed by atoms with Gasteiger partial charge in [0.25, 0.3) is 0 Å². The standard InChI is InChI=1S/C12H18BrNO/c1-10-11(3-6-15-10)7-14(2)9-12(8-13)4-5-12/h3,6H,4-5,7-9H2,1-2H3. The van der Waals surface area contributed by atoms with Crippen LogP contribution in [-0.4, -0.2) is 23.8 Å². The molecule has 1 saturated carbocycles. The summed E-state index contributed by atoms with van der Waals surface area (Å²) in [7, 11) is 2.19. The highest BCUT2D eigenvalue weighted by Gasteiger charge is 2.42. The van der Waals surface area contributed by atoms with Gasteiger partial charge in [0.2, 0.25) is 0 Å². The molecule has 0 unspecified atom stereocenters. The van der Waals surface area contributed by atoms with E-state index in [1.165, 1.54) is 24.9 Å². The maximum Gasteiger partial charge on any atom is 0.105 e. The lowest BCUT2D eigenvalue weighted by Gasteiger charge is -2.21. The van der Waals surface area contributed by atoms with Gasteiger partial charge >= 0.3 is 0 Å². The first-order valence-corrected chi connectivity index (χ1v) is 6.55. The van der Waals surface area contributed by atoms with E-state index in [0.29, 0.717) is 5.41 Å². The molecule has 2 rings (SSSR count). The fourth-order valence-corrected chi connectivity index (χ4v) is 2.74. The van der Waals surface area contributed by atoms with Crippen molar-refractivity contribution in [1.82, 2.24) is 4.90 Å². The first kappa shape index (κ1) is 11.2. The van der Waals surface area contributed by atoms with Crippen molar-refractivity contribution in [1.29, 1.82) is 0 Å². The first-order valence-electron chi connectivity index (χ1n) is 5.43. The molecule has 0 spiro atoms. The molecule has 0 N–H and O–H groups in total. The lowest BCUT2D eigenvalue weighted by Crippen LogP contribution is -2.27. The van der Waals surface area contributed by atoms with Crippen molar-refractivity contribution in [2.24, 2.45) is 5.41 Å². The normalized spacial score (nSPS) is 18.4. The van der Waals surface area contributed by atoms with E-state index in [-0.39, 0.29) is 0 Å². The predicted octanol–water partition coefficient (Wildman–Crippen LogP) is 3.19. The number of hydrogen-bond acceptors (Lipinski definition) is 2. The van der Waals surface area contributed by atoms with Crippen LogP contribution in [0.4, 0.5) is 0 Å². The zero-order valence-corrected chi connectivity index (χ0v) is 11.0. The van der Waals surface area contributed by atoms with Crippen LogP contribution in [0.15, 0.2) is 16.7 Å². The van der Waals surface area contributed by atoms with Crippen LogP contribution in [0, 0.1) is 12.3 Å². The van der Waals surface area contributed by atoms with Crippen LogP contribution in [-0.2, 0) is 6.54 Å². The van der Waals surface area contributed by atoms with E-state index in [2.05, 4.69) is 33.9 Å². The minimum Gasteiger partial charge on any atom is -0.469 e. The fraction of sp³-hybridized carbons (Fsp3) is 0.667. The summed E-state index contributed by atoms with van der Waals surface area (Å²) >= 11 is 3.61. The Balaban J connectivity index is 1.87. The summed E-state index contributed by atoms with van der Waals surface area (Å²) in [6.07, 6.45) is 4.51. The van der Waals surface area contributed by atoms with Gasteiger partial charge in [0.1, 0.15) is 5.76 Å². The van der Waals surface area contributed by atoms with Crippen LogP contribution in [0.25, 0.3) is 0 Å². The van der Waals surface area contributed by atoms with Crippen molar-refractivity contribution in [3.63, 3.8) is 0 Å². The number of hydrogen-bond donors (Lipinski definition) is 0. The highest BCUT2D eigenvalue weighted by molar-refractivity contribution is 9.09. The molecule has 0 saturated heterocycles. The molecule has 1 aromatic rings. The third-order valence-corrected chi connectivity index (χ3v) is 4.44. The minimum atomic E-state index is 0.562.